The van der Waals surface area contributed by atoms with Gasteiger partial charge in [-0.25, -0.2) is 0 Å². The fourth-order valence-corrected chi connectivity index (χ4v) is 9.58. The molecule has 0 spiro atoms. The Balaban J connectivity index is 0.00000121. The molecule has 4 heteroatoms. The Morgan fingerprint density at radius 3 is 2.46 bits per heavy atom. The van der Waals surface area contributed by atoms with Gasteiger partial charge in [0.1, 0.15) is 0 Å². The molecule has 0 aromatic carbocycles. The number of hydrogen-bond acceptors (Lipinski definition) is 3. The lowest BCUT2D eigenvalue weighted by molar-refractivity contribution is -0.136. The van der Waals surface area contributed by atoms with Gasteiger partial charge in [-0.1, -0.05) is 79.0 Å². The summed E-state index contributed by atoms with van der Waals surface area (Å²) >= 11 is 0. The van der Waals surface area contributed by atoms with E-state index < -0.39 is 5.97 Å². The van der Waals surface area contributed by atoms with Crippen molar-refractivity contribution in [2.24, 2.45) is 45.8 Å². The molecule has 4 aliphatic rings. The quantitative estimate of drug-likeness (QED) is 0.212. The van der Waals surface area contributed by atoms with Gasteiger partial charge in [0.05, 0.1) is 12.7 Å². The number of fused-ring (bicyclic) bond motifs is 5. The first-order chi connectivity index (χ1) is 17.4. The lowest BCUT2D eigenvalue weighted by Crippen LogP contribution is -2.57. The number of allylic oxidation sites excluding steroid dienone is 1. The molecule has 0 amide bonds. The van der Waals surface area contributed by atoms with Gasteiger partial charge in [-0.2, -0.15) is 0 Å². The largest absolute Gasteiger partial charge is 0.516 e. The summed E-state index contributed by atoms with van der Waals surface area (Å²) in [6.07, 6.45) is 18.4. The summed E-state index contributed by atoms with van der Waals surface area (Å²) in [7, 11) is 0. The predicted molar refractivity (Wildman–Crippen MR) is 155 cm³/mol. The zero-order valence-corrected chi connectivity index (χ0v) is 24.8. The van der Waals surface area contributed by atoms with Gasteiger partial charge in [-0.05, 0) is 97.2 Å². The predicted octanol–water partition coefficient (Wildman–Crippen LogP) is 8.54. The molecule has 0 aromatic rings. The zero-order valence-electron chi connectivity index (χ0n) is 24.8. The second-order valence-corrected chi connectivity index (χ2v) is 14.1. The van der Waals surface area contributed by atoms with Gasteiger partial charge in [0.2, 0.25) is 0 Å². The van der Waals surface area contributed by atoms with Crippen molar-refractivity contribution in [1.82, 2.24) is 5.32 Å². The lowest BCUT2D eigenvalue weighted by atomic mass is 9.40. The van der Waals surface area contributed by atoms with E-state index in [0.29, 0.717) is 28.8 Å². The van der Waals surface area contributed by atoms with E-state index in [4.69, 9.17) is 10.2 Å². The topological polar surface area (TPSA) is 69.6 Å². The molecule has 0 aliphatic heterocycles. The number of carbonyl (C=O) groups is 1. The second-order valence-electron chi connectivity index (χ2n) is 14.1. The second kappa shape index (κ2) is 12.3. The smallest absolute Gasteiger partial charge is 0.304 e. The highest BCUT2D eigenvalue weighted by Gasteiger charge is 2.63. The number of aliphatic hydroxyl groups excluding tert-OH is 1. The minimum Gasteiger partial charge on any atom is -0.516 e. The maximum atomic E-state index is 10.9. The van der Waals surface area contributed by atoms with E-state index in [-0.39, 0.29) is 6.42 Å². The van der Waals surface area contributed by atoms with E-state index in [1.165, 1.54) is 64.2 Å². The molecular weight excluding hydrogens is 458 g/mol. The molecule has 0 saturated heterocycles. The van der Waals surface area contributed by atoms with Crippen molar-refractivity contribution in [3.05, 3.63) is 24.5 Å². The minimum absolute atomic E-state index is 0.226. The Bertz CT molecular complexity index is 820. The van der Waals surface area contributed by atoms with Crippen LogP contribution in [0.1, 0.15) is 119 Å². The number of rotatable bonds is 9. The van der Waals surface area contributed by atoms with Crippen LogP contribution in [0.4, 0.5) is 0 Å². The van der Waals surface area contributed by atoms with Crippen LogP contribution >= 0.6 is 0 Å². The summed E-state index contributed by atoms with van der Waals surface area (Å²) in [6.45, 7) is 18.8. The number of aliphatic carboxylic acids is 1. The Morgan fingerprint density at radius 2 is 1.81 bits per heavy atom. The summed E-state index contributed by atoms with van der Waals surface area (Å²) in [4.78, 5) is 10.9. The minimum atomic E-state index is -0.699. The molecule has 0 heterocycles. The monoisotopic (exact) mass is 515 g/mol. The van der Waals surface area contributed by atoms with Crippen molar-refractivity contribution in [3.63, 3.8) is 0 Å². The highest BCUT2D eigenvalue weighted by Crippen LogP contribution is 2.72. The van der Waals surface area contributed by atoms with E-state index in [1.807, 2.05) is 0 Å². The Kier molecular flexibility index (Phi) is 10.0. The fraction of sp³-hybridized carbons (Fsp3) is 0.848. The standard InChI is InChI=1S/C31H53NO2.C2H4O/c1-21(2)8-7-9-22(3)25-12-13-26-27-11-10-23-20-24(32-19-15-28(33)34)14-16-30(23,5)31(27,6)18-17-29(25,26)4;1-2-3/h10,21-22,24-27,32H,7-9,11-20H2,1-6H3,(H,33,34);2-3H,1H2. The molecule has 37 heavy (non-hydrogen) atoms. The molecule has 8 atom stereocenters. The van der Waals surface area contributed by atoms with Gasteiger partial charge in [0.25, 0.3) is 0 Å². The number of nitrogens with one attached hydrogen (secondary N) is 1. The fourth-order valence-electron chi connectivity index (χ4n) is 9.58. The number of carboxylic acid groups (broad SMARTS) is 1. The Morgan fingerprint density at radius 1 is 1.11 bits per heavy atom. The molecule has 4 rings (SSSR count). The van der Waals surface area contributed by atoms with Crippen molar-refractivity contribution >= 4 is 5.97 Å². The third-order valence-electron chi connectivity index (χ3n) is 11.9. The van der Waals surface area contributed by atoms with Crippen LogP contribution in [0.25, 0.3) is 0 Å². The molecule has 0 aromatic heterocycles. The van der Waals surface area contributed by atoms with Crippen molar-refractivity contribution in [3.8, 4) is 0 Å². The first-order valence-electron chi connectivity index (χ1n) is 15.3. The summed E-state index contributed by atoms with van der Waals surface area (Å²) in [5.41, 5.74) is 2.97. The summed E-state index contributed by atoms with van der Waals surface area (Å²) in [5.74, 6) is 3.65. The van der Waals surface area contributed by atoms with Gasteiger partial charge >= 0.3 is 5.97 Å². The molecule has 3 N–H and O–H groups in total. The molecule has 0 bridgehead atoms. The van der Waals surface area contributed by atoms with Crippen LogP contribution in [-0.4, -0.2) is 28.8 Å². The third kappa shape index (κ3) is 5.99. The van der Waals surface area contributed by atoms with Crippen LogP contribution in [0.2, 0.25) is 0 Å². The average Bonchev–Trinajstić information content (AvgIpc) is 3.17. The van der Waals surface area contributed by atoms with E-state index in [1.54, 1.807) is 5.57 Å². The third-order valence-corrected chi connectivity index (χ3v) is 11.9. The van der Waals surface area contributed by atoms with Crippen molar-refractivity contribution in [2.45, 2.75) is 125 Å². The Hall–Kier alpha value is -1.29. The van der Waals surface area contributed by atoms with Gasteiger partial charge in [0.15, 0.2) is 0 Å². The lowest BCUT2D eigenvalue weighted by Gasteiger charge is -2.64. The van der Waals surface area contributed by atoms with Crippen molar-refractivity contribution in [2.75, 3.05) is 6.54 Å². The van der Waals surface area contributed by atoms with Crippen LogP contribution < -0.4 is 5.32 Å². The van der Waals surface area contributed by atoms with Crippen molar-refractivity contribution in [1.29, 1.82) is 0 Å². The summed E-state index contributed by atoms with van der Waals surface area (Å²) < 4.78 is 0. The van der Waals surface area contributed by atoms with E-state index >= 15 is 0 Å². The Labute approximate surface area is 227 Å². The van der Waals surface area contributed by atoms with Crippen LogP contribution in [0.5, 0.6) is 0 Å². The first kappa shape index (κ1) is 30.3. The molecule has 4 aliphatic carbocycles. The number of hydrogen-bond donors (Lipinski definition) is 3. The van der Waals surface area contributed by atoms with Crippen molar-refractivity contribution < 1.29 is 15.0 Å². The van der Waals surface area contributed by atoms with E-state index in [9.17, 15) is 4.79 Å². The molecule has 0 radical (unpaired) electrons. The van der Waals surface area contributed by atoms with Crippen LogP contribution in [-0.2, 0) is 4.79 Å². The zero-order chi connectivity index (χ0) is 27.4. The van der Waals surface area contributed by atoms with Crippen LogP contribution in [0.3, 0.4) is 0 Å². The molecular formula is C33H57NO3. The van der Waals surface area contributed by atoms with Gasteiger partial charge in [-0.3, -0.25) is 4.79 Å². The van der Waals surface area contributed by atoms with Gasteiger partial charge in [-0.15, -0.1) is 0 Å². The summed E-state index contributed by atoms with van der Waals surface area (Å²) in [6, 6.07) is 0.454. The molecule has 4 nitrogen and oxygen atoms in total. The summed E-state index contributed by atoms with van der Waals surface area (Å²) in [5, 5.41) is 19.9. The van der Waals surface area contributed by atoms with E-state index in [0.717, 1.165) is 42.3 Å². The van der Waals surface area contributed by atoms with Gasteiger partial charge in [0, 0.05) is 12.6 Å². The van der Waals surface area contributed by atoms with Crippen LogP contribution in [0, 0.1) is 45.8 Å². The maximum Gasteiger partial charge on any atom is 0.304 e. The van der Waals surface area contributed by atoms with Gasteiger partial charge < -0.3 is 15.5 Å². The van der Waals surface area contributed by atoms with E-state index in [2.05, 4.69) is 59.5 Å². The maximum absolute atomic E-state index is 10.9. The van der Waals surface area contributed by atoms with Crippen LogP contribution in [0.15, 0.2) is 24.5 Å². The normalized spacial score (nSPS) is 39.4. The highest BCUT2D eigenvalue weighted by atomic mass is 16.4. The first-order valence-corrected chi connectivity index (χ1v) is 15.3. The molecule has 3 fully saturated rings. The molecule has 3 saturated carbocycles. The molecule has 8 unspecified atom stereocenters. The average molecular weight is 516 g/mol. The highest BCUT2D eigenvalue weighted by molar-refractivity contribution is 5.66. The number of aliphatic hydroxyl groups is 1. The number of carboxylic acids is 1. The SMILES string of the molecule is C=CO.CC(C)CCCC(C)C1CCC2C3CC=C4CC(NCCC(=O)O)CCC4(C)C3(C)CCC12C. The molecule has 212 valence electrons.